The average molecular weight is 475 g/mol. The number of ether oxygens (including phenoxy) is 1. The number of benzene rings is 2. The van der Waals surface area contributed by atoms with Gasteiger partial charge in [0.15, 0.2) is 6.61 Å². The lowest BCUT2D eigenvalue weighted by Crippen LogP contribution is -2.61. The van der Waals surface area contributed by atoms with Gasteiger partial charge in [-0.15, -0.1) is 0 Å². The number of carbonyl (C=O) groups excluding carboxylic acids is 2. The molecule has 0 saturated heterocycles. The van der Waals surface area contributed by atoms with E-state index in [0.717, 1.165) is 11.6 Å². The van der Waals surface area contributed by atoms with E-state index in [1.165, 1.54) is 30.3 Å². The third-order valence-corrected chi connectivity index (χ3v) is 6.02. The molecule has 0 heterocycles. The molecule has 2 aromatic carbocycles. The molecule has 33 heavy (non-hydrogen) atoms. The number of aromatic carboxylic acids is 1. The monoisotopic (exact) mass is 474 g/mol. The Morgan fingerprint density at radius 1 is 1.15 bits per heavy atom. The van der Waals surface area contributed by atoms with E-state index in [0.29, 0.717) is 18.5 Å². The molecule has 5 rings (SSSR count). The summed E-state index contributed by atoms with van der Waals surface area (Å²) in [4.78, 5) is 36.3. The van der Waals surface area contributed by atoms with Crippen LogP contribution in [0.3, 0.4) is 0 Å². The molecule has 3 aliphatic carbocycles. The van der Waals surface area contributed by atoms with Crippen LogP contribution in [-0.4, -0.2) is 46.2 Å². The maximum atomic E-state index is 13.5. The molecule has 0 aliphatic heterocycles. The maximum Gasteiger partial charge on any atom is 0.336 e. The first-order chi connectivity index (χ1) is 15.7. The molecule has 0 aromatic heterocycles. The van der Waals surface area contributed by atoms with Gasteiger partial charge in [-0.3, -0.25) is 9.59 Å². The predicted octanol–water partition coefficient (Wildman–Crippen LogP) is 2.65. The van der Waals surface area contributed by atoms with Gasteiger partial charge in [0.05, 0.1) is 27.8 Å². The number of fused-ring (bicyclic) bond motifs is 2. The fraction of sp³-hybridized carbons (Fsp3) is 0.261. The fourth-order valence-electron chi connectivity index (χ4n) is 4.20. The van der Waals surface area contributed by atoms with Crippen molar-refractivity contribution in [3.05, 3.63) is 75.7 Å². The zero-order valence-corrected chi connectivity index (χ0v) is 18.0. The third-order valence-electron chi connectivity index (χ3n) is 5.72. The minimum Gasteiger partial charge on any atom is -0.484 e. The molecule has 3 aliphatic rings. The molecule has 1 saturated carbocycles. The molecule has 0 radical (unpaired) electrons. The standard InChI is InChI=1S/C23H20ClFN2O6/c24-16-6-5-13(7-17(16)25)33-11-19(29)26-20-12-8-23(9-12,10-18(20)28)27-21(30)14-3-1-2-4-15(14)22(31)32/h1-7,18,28H,8-11H2,(H,26,29)(H,27,30)(H,31,32). The van der Waals surface area contributed by atoms with Gasteiger partial charge in [0.2, 0.25) is 0 Å². The van der Waals surface area contributed by atoms with E-state index >= 15 is 0 Å². The van der Waals surface area contributed by atoms with Crippen LogP contribution in [0, 0.1) is 5.82 Å². The maximum absolute atomic E-state index is 13.5. The van der Waals surface area contributed by atoms with E-state index in [4.69, 9.17) is 16.3 Å². The first-order valence-corrected chi connectivity index (χ1v) is 10.5. The van der Waals surface area contributed by atoms with Crippen LogP contribution >= 0.6 is 11.6 Å². The Hall–Kier alpha value is -3.43. The zero-order chi connectivity index (χ0) is 23.8. The first kappa shape index (κ1) is 22.8. The normalized spacial score (nSPS) is 21.1. The second-order valence-corrected chi connectivity index (χ2v) is 8.50. The Balaban J connectivity index is 1.37. The number of carboxylic acids is 1. The van der Waals surface area contributed by atoms with Gasteiger partial charge in [-0.1, -0.05) is 23.7 Å². The van der Waals surface area contributed by atoms with Gasteiger partial charge in [0, 0.05) is 18.2 Å². The lowest BCUT2D eigenvalue weighted by molar-refractivity contribution is -0.123. The van der Waals surface area contributed by atoms with Crippen LogP contribution in [0.4, 0.5) is 4.39 Å². The van der Waals surface area contributed by atoms with Crippen molar-refractivity contribution in [2.24, 2.45) is 0 Å². The van der Waals surface area contributed by atoms with Crippen LogP contribution in [0.25, 0.3) is 0 Å². The molecule has 1 atom stereocenters. The highest BCUT2D eigenvalue weighted by molar-refractivity contribution is 6.30. The predicted molar refractivity (Wildman–Crippen MR) is 116 cm³/mol. The highest BCUT2D eigenvalue weighted by Gasteiger charge is 2.50. The molecule has 172 valence electrons. The molecule has 2 amide bonds. The number of amides is 2. The third kappa shape index (κ3) is 4.69. The number of aliphatic hydroxyl groups excluding tert-OH is 1. The number of hydrogen-bond donors (Lipinski definition) is 4. The van der Waals surface area contributed by atoms with Gasteiger partial charge in [-0.25, -0.2) is 9.18 Å². The van der Waals surface area contributed by atoms with Crippen LogP contribution in [0.15, 0.2) is 53.7 Å². The molecular formula is C23H20ClFN2O6. The molecule has 4 N–H and O–H groups in total. The van der Waals surface area contributed by atoms with Gasteiger partial charge >= 0.3 is 5.97 Å². The van der Waals surface area contributed by atoms with Crippen molar-refractivity contribution < 1.29 is 33.7 Å². The summed E-state index contributed by atoms with van der Waals surface area (Å²) in [6.07, 6.45) is -0.0149. The van der Waals surface area contributed by atoms with Gasteiger partial charge in [-0.05, 0) is 42.7 Å². The Labute approximate surface area is 193 Å². The van der Waals surface area contributed by atoms with Crippen molar-refractivity contribution in [1.82, 2.24) is 10.6 Å². The summed E-state index contributed by atoms with van der Waals surface area (Å²) < 4.78 is 18.7. The highest BCUT2D eigenvalue weighted by Crippen LogP contribution is 2.48. The summed E-state index contributed by atoms with van der Waals surface area (Å²) in [6, 6.07) is 9.72. The summed E-state index contributed by atoms with van der Waals surface area (Å²) in [5, 5.41) is 25.3. The van der Waals surface area contributed by atoms with Gasteiger partial charge in [0.25, 0.3) is 11.8 Å². The molecule has 10 heteroatoms. The summed E-state index contributed by atoms with van der Waals surface area (Å²) >= 11 is 5.61. The number of carbonyl (C=O) groups is 3. The molecule has 1 unspecified atom stereocenters. The van der Waals surface area contributed by atoms with Crippen LogP contribution in [-0.2, 0) is 4.79 Å². The topological polar surface area (TPSA) is 125 Å². The lowest BCUT2D eigenvalue weighted by atomic mass is 9.63. The number of halogens is 2. The van der Waals surface area contributed by atoms with Crippen molar-refractivity contribution in [2.75, 3.05) is 6.61 Å². The van der Waals surface area contributed by atoms with Crippen LogP contribution < -0.4 is 15.4 Å². The Kier molecular flexibility index (Phi) is 6.09. The van der Waals surface area contributed by atoms with Gasteiger partial charge < -0.3 is 25.6 Å². The van der Waals surface area contributed by atoms with Crippen molar-refractivity contribution in [3.8, 4) is 5.75 Å². The Morgan fingerprint density at radius 3 is 2.48 bits per heavy atom. The lowest BCUT2D eigenvalue weighted by Gasteiger charge is -2.51. The average Bonchev–Trinajstić information content (AvgIpc) is 2.75. The van der Waals surface area contributed by atoms with E-state index in [2.05, 4.69) is 10.6 Å². The largest absolute Gasteiger partial charge is 0.484 e. The highest BCUT2D eigenvalue weighted by atomic mass is 35.5. The number of carboxylic acid groups (broad SMARTS) is 1. The smallest absolute Gasteiger partial charge is 0.336 e. The summed E-state index contributed by atoms with van der Waals surface area (Å²) in [5.41, 5.74) is 0.384. The molecule has 2 bridgehead atoms. The van der Waals surface area contributed by atoms with Crippen molar-refractivity contribution in [3.63, 3.8) is 0 Å². The quantitative estimate of drug-likeness (QED) is 0.489. The van der Waals surface area contributed by atoms with Gasteiger partial charge in [-0.2, -0.15) is 0 Å². The summed E-state index contributed by atoms with van der Waals surface area (Å²) in [6.45, 7) is -0.390. The molecule has 8 nitrogen and oxygen atoms in total. The molecule has 1 fully saturated rings. The van der Waals surface area contributed by atoms with Crippen LogP contribution in [0.5, 0.6) is 5.75 Å². The first-order valence-electron chi connectivity index (χ1n) is 10.1. The minimum absolute atomic E-state index is 0.0428. The van der Waals surface area contributed by atoms with Crippen molar-refractivity contribution in [1.29, 1.82) is 0 Å². The fourth-order valence-corrected chi connectivity index (χ4v) is 4.31. The van der Waals surface area contributed by atoms with E-state index in [1.807, 2.05) is 0 Å². The number of rotatable bonds is 7. The van der Waals surface area contributed by atoms with Crippen LogP contribution in [0.2, 0.25) is 5.02 Å². The second-order valence-electron chi connectivity index (χ2n) is 8.09. The van der Waals surface area contributed by atoms with E-state index in [9.17, 15) is 29.0 Å². The zero-order valence-electron chi connectivity index (χ0n) is 17.2. The van der Waals surface area contributed by atoms with E-state index in [1.54, 1.807) is 6.07 Å². The number of nitrogens with one attached hydrogen (secondary N) is 2. The van der Waals surface area contributed by atoms with Crippen molar-refractivity contribution in [2.45, 2.75) is 30.9 Å². The van der Waals surface area contributed by atoms with E-state index in [-0.39, 0.29) is 28.3 Å². The number of hydrogen-bond acceptors (Lipinski definition) is 5. The Bertz CT molecular complexity index is 1170. The van der Waals surface area contributed by atoms with Crippen molar-refractivity contribution >= 4 is 29.4 Å². The van der Waals surface area contributed by atoms with Gasteiger partial charge in [0.1, 0.15) is 11.6 Å². The second kappa shape index (κ2) is 8.84. The summed E-state index contributed by atoms with van der Waals surface area (Å²) in [7, 11) is 0. The molecule has 0 spiro atoms. The van der Waals surface area contributed by atoms with E-state index < -0.39 is 41.9 Å². The number of aliphatic hydroxyl groups is 1. The minimum atomic E-state index is -1.20. The summed E-state index contributed by atoms with van der Waals surface area (Å²) in [5.74, 6) is -2.78. The van der Waals surface area contributed by atoms with Crippen LogP contribution in [0.1, 0.15) is 40.0 Å². The molecular weight excluding hydrogens is 455 g/mol. The molecule has 2 aromatic rings. The SMILES string of the molecule is O=C(COc1ccc(Cl)c(F)c1)NC1=C2CC(NC(=O)c3ccccc3C(=O)O)(C2)CC1O. The Morgan fingerprint density at radius 2 is 1.85 bits per heavy atom.